The molecular formula is C13H12N4O2S. The first kappa shape index (κ1) is 13.9. The highest BCUT2D eigenvalue weighted by Gasteiger charge is 2.06. The molecule has 0 unspecified atom stereocenters. The number of carbonyl (C=O) groups excluding carboxylic acids is 1. The van der Waals surface area contributed by atoms with Gasteiger partial charge in [0.2, 0.25) is 5.91 Å². The van der Waals surface area contributed by atoms with E-state index in [0.717, 1.165) is 0 Å². The predicted octanol–water partition coefficient (Wildman–Crippen LogP) is 0.516. The molecule has 2 aromatic rings. The van der Waals surface area contributed by atoms with E-state index in [1.807, 2.05) is 0 Å². The lowest BCUT2D eigenvalue weighted by molar-refractivity contribution is -0.116. The quantitative estimate of drug-likeness (QED) is 0.800. The topological polar surface area (TPSA) is 90.0 Å². The van der Waals surface area contributed by atoms with E-state index in [4.69, 9.17) is 18.0 Å². The summed E-state index contributed by atoms with van der Waals surface area (Å²) in [5, 5.41) is 2.67. The van der Waals surface area contributed by atoms with Crippen molar-refractivity contribution in [1.29, 1.82) is 0 Å². The maximum absolute atomic E-state index is 11.9. The zero-order valence-electron chi connectivity index (χ0n) is 10.4. The van der Waals surface area contributed by atoms with Gasteiger partial charge in [-0.3, -0.25) is 14.2 Å². The number of anilines is 1. The van der Waals surface area contributed by atoms with Gasteiger partial charge in [-0.05, 0) is 12.1 Å². The van der Waals surface area contributed by atoms with Crippen molar-refractivity contribution >= 4 is 28.8 Å². The smallest absolute Gasteiger partial charge is 0.253 e. The molecule has 1 amide bonds. The Kier molecular flexibility index (Phi) is 4.21. The summed E-state index contributed by atoms with van der Waals surface area (Å²) in [7, 11) is 0. The number of nitrogens with zero attached hydrogens (tertiary/aromatic N) is 2. The van der Waals surface area contributed by atoms with Crippen molar-refractivity contribution in [2.75, 3.05) is 5.32 Å². The molecule has 3 N–H and O–H groups in total. The maximum atomic E-state index is 11.9. The molecule has 0 aliphatic heterocycles. The van der Waals surface area contributed by atoms with Crippen molar-refractivity contribution in [1.82, 2.24) is 9.55 Å². The van der Waals surface area contributed by atoms with Crippen LogP contribution in [0.15, 0.2) is 47.7 Å². The molecule has 0 saturated carbocycles. The Morgan fingerprint density at radius 2 is 2.20 bits per heavy atom. The monoisotopic (exact) mass is 288 g/mol. The molecule has 1 aromatic carbocycles. The fourth-order valence-corrected chi connectivity index (χ4v) is 1.73. The normalized spacial score (nSPS) is 10.0. The van der Waals surface area contributed by atoms with Gasteiger partial charge < -0.3 is 11.1 Å². The van der Waals surface area contributed by atoms with Gasteiger partial charge in [-0.25, -0.2) is 4.98 Å². The number of carbonyl (C=O) groups is 1. The third-order valence-electron chi connectivity index (χ3n) is 2.54. The van der Waals surface area contributed by atoms with E-state index in [0.29, 0.717) is 11.3 Å². The number of rotatable bonds is 4. The number of nitrogens with two attached hydrogens (primary N) is 1. The third kappa shape index (κ3) is 3.48. The minimum Gasteiger partial charge on any atom is -0.389 e. The van der Waals surface area contributed by atoms with Gasteiger partial charge in [0.1, 0.15) is 11.5 Å². The fourth-order valence-electron chi connectivity index (χ4n) is 1.60. The van der Waals surface area contributed by atoms with Gasteiger partial charge in [-0.1, -0.05) is 24.4 Å². The minimum absolute atomic E-state index is 0.107. The van der Waals surface area contributed by atoms with Crippen LogP contribution in [0.4, 0.5) is 5.69 Å². The summed E-state index contributed by atoms with van der Waals surface area (Å²) in [5.74, 6) is -0.333. The molecule has 0 aliphatic carbocycles. The summed E-state index contributed by atoms with van der Waals surface area (Å²) in [6.07, 6.45) is 2.69. The van der Waals surface area contributed by atoms with Crippen LogP contribution in [0.1, 0.15) is 5.56 Å². The summed E-state index contributed by atoms with van der Waals surface area (Å²) in [6.45, 7) is -0.107. The standard InChI is InChI=1S/C13H12N4O2S/c14-13(20)9-2-1-3-10(6-9)16-11(18)7-17-8-15-5-4-12(17)19/h1-6,8H,7H2,(H2,14,20)(H,16,18). The number of hydrogen-bond donors (Lipinski definition) is 2. The van der Waals surface area contributed by atoms with Gasteiger partial charge in [-0.2, -0.15) is 0 Å². The Balaban J connectivity index is 2.09. The molecule has 0 atom stereocenters. The van der Waals surface area contributed by atoms with E-state index in [9.17, 15) is 9.59 Å². The Morgan fingerprint density at radius 3 is 2.90 bits per heavy atom. The molecular weight excluding hydrogens is 276 g/mol. The Labute approximate surface area is 120 Å². The molecule has 1 aromatic heterocycles. The van der Waals surface area contributed by atoms with Gasteiger partial charge >= 0.3 is 0 Å². The number of thiocarbonyl (C=S) groups is 1. The van der Waals surface area contributed by atoms with Crippen molar-refractivity contribution in [3.05, 3.63) is 58.8 Å². The fraction of sp³-hybridized carbons (Fsp3) is 0.0769. The largest absolute Gasteiger partial charge is 0.389 e. The van der Waals surface area contributed by atoms with Crippen molar-refractivity contribution in [3.8, 4) is 0 Å². The van der Waals surface area contributed by atoms with E-state index in [-0.39, 0.29) is 23.0 Å². The molecule has 0 aliphatic rings. The summed E-state index contributed by atoms with van der Waals surface area (Å²) >= 11 is 4.87. The van der Waals surface area contributed by atoms with Crippen LogP contribution in [0.25, 0.3) is 0 Å². The second-order valence-electron chi connectivity index (χ2n) is 4.04. The molecule has 2 rings (SSSR count). The number of aromatic nitrogens is 2. The van der Waals surface area contributed by atoms with E-state index in [1.165, 1.54) is 23.2 Å². The lowest BCUT2D eigenvalue weighted by Gasteiger charge is -2.08. The highest BCUT2D eigenvalue weighted by Crippen LogP contribution is 2.10. The molecule has 20 heavy (non-hydrogen) atoms. The molecule has 1 heterocycles. The van der Waals surface area contributed by atoms with Gasteiger partial charge in [0.15, 0.2) is 0 Å². The zero-order valence-corrected chi connectivity index (χ0v) is 11.3. The van der Waals surface area contributed by atoms with Crippen LogP contribution in [-0.2, 0) is 11.3 Å². The van der Waals surface area contributed by atoms with E-state index in [2.05, 4.69) is 10.3 Å². The van der Waals surface area contributed by atoms with Crippen LogP contribution in [0.3, 0.4) is 0 Å². The highest BCUT2D eigenvalue weighted by molar-refractivity contribution is 7.80. The summed E-state index contributed by atoms with van der Waals surface area (Å²) < 4.78 is 1.22. The lowest BCUT2D eigenvalue weighted by Crippen LogP contribution is -2.27. The first-order chi connectivity index (χ1) is 9.56. The zero-order chi connectivity index (χ0) is 14.5. The first-order valence-corrected chi connectivity index (χ1v) is 6.17. The molecule has 0 saturated heterocycles. The number of hydrogen-bond acceptors (Lipinski definition) is 4. The predicted molar refractivity (Wildman–Crippen MR) is 79.5 cm³/mol. The van der Waals surface area contributed by atoms with E-state index < -0.39 is 0 Å². The van der Waals surface area contributed by atoms with Crippen LogP contribution in [-0.4, -0.2) is 20.4 Å². The highest BCUT2D eigenvalue weighted by atomic mass is 32.1. The Hall–Kier alpha value is -2.54. The van der Waals surface area contributed by atoms with Crippen LogP contribution in [0.2, 0.25) is 0 Å². The van der Waals surface area contributed by atoms with E-state index in [1.54, 1.807) is 24.3 Å². The summed E-state index contributed by atoms with van der Waals surface area (Å²) in [5.41, 5.74) is 6.47. The Morgan fingerprint density at radius 1 is 1.40 bits per heavy atom. The first-order valence-electron chi connectivity index (χ1n) is 5.76. The second-order valence-corrected chi connectivity index (χ2v) is 4.48. The van der Waals surface area contributed by atoms with Crippen LogP contribution in [0, 0.1) is 0 Å². The number of benzene rings is 1. The SMILES string of the molecule is NC(=S)c1cccc(NC(=O)Cn2cnccc2=O)c1. The van der Waals surface area contributed by atoms with Crippen LogP contribution in [0.5, 0.6) is 0 Å². The molecule has 7 heteroatoms. The lowest BCUT2D eigenvalue weighted by atomic mass is 10.2. The molecule has 0 radical (unpaired) electrons. The number of nitrogens with one attached hydrogen (secondary N) is 1. The average Bonchev–Trinajstić information content (AvgIpc) is 2.41. The molecule has 0 spiro atoms. The average molecular weight is 288 g/mol. The minimum atomic E-state index is -0.333. The van der Waals surface area contributed by atoms with Crippen molar-refractivity contribution in [2.24, 2.45) is 5.73 Å². The van der Waals surface area contributed by atoms with Gasteiger partial charge in [-0.15, -0.1) is 0 Å². The van der Waals surface area contributed by atoms with Crippen molar-refractivity contribution in [2.45, 2.75) is 6.54 Å². The van der Waals surface area contributed by atoms with Gasteiger partial charge in [0.25, 0.3) is 5.56 Å². The molecule has 6 nitrogen and oxygen atoms in total. The van der Waals surface area contributed by atoms with E-state index >= 15 is 0 Å². The van der Waals surface area contributed by atoms with Crippen LogP contribution >= 0.6 is 12.2 Å². The van der Waals surface area contributed by atoms with Crippen molar-refractivity contribution in [3.63, 3.8) is 0 Å². The van der Waals surface area contributed by atoms with Gasteiger partial charge in [0, 0.05) is 23.5 Å². The van der Waals surface area contributed by atoms with Crippen LogP contribution < -0.4 is 16.6 Å². The van der Waals surface area contributed by atoms with Gasteiger partial charge in [0.05, 0.1) is 6.33 Å². The Bertz CT molecular complexity index is 711. The number of amides is 1. The third-order valence-corrected chi connectivity index (χ3v) is 2.77. The molecule has 0 bridgehead atoms. The second kappa shape index (κ2) is 6.07. The summed E-state index contributed by atoms with van der Waals surface area (Å²) in [6, 6.07) is 8.17. The maximum Gasteiger partial charge on any atom is 0.253 e. The summed E-state index contributed by atoms with van der Waals surface area (Å²) in [4.78, 5) is 27.4. The molecule has 0 fully saturated rings. The van der Waals surface area contributed by atoms with Crippen molar-refractivity contribution < 1.29 is 4.79 Å². The molecule has 102 valence electrons.